The quantitative estimate of drug-likeness (QED) is 0.745. The molecule has 1 aliphatic rings. The van der Waals surface area contributed by atoms with Gasteiger partial charge in [0.05, 0.1) is 48.0 Å². The number of carbonyl (C=O) groups excluding carboxylic acids is 1. The zero-order valence-corrected chi connectivity index (χ0v) is 15.3. The van der Waals surface area contributed by atoms with Crippen molar-refractivity contribution in [3.05, 3.63) is 29.7 Å². The number of aromatic nitrogens is 3. The third-order valence-electron chi connectivity index (χ3n) is 3.72. The van der Waals surface area contributed by atoms with Gasteiger partial charge < -0.3 is 20.1 Å². The Morgan fingerprint density at radius 3 is 2.96 bits per heavy atom. The van der Waals surface area contributed by atoms with E-state index >= 15 is 0 Å². The molecule has 1 unspecified atom stereocenters. The summed E-state index contributed by atoms with van der Waals surface area (Å²) in [4.78, 5) is 23.3. The number of rotatable bonds is 6. The Hall–Kier alpha value is -2.29. The van der Waals surface area contributed by atoms with Crippen molar-refractivity contribution in [2.75, 3.05) is 30.4 Å². The summed E-state index contributed by atoms with van der Waals surface area (Å²) in [6.07, 6.45) is 5.16. The van der Waals surface area contributed by atoms with Gasteiger partial charge in [0, 0.05) is 18.3 Å². The molecule has 1 aliphatic heterocycles. The van der Waals surface area contributed by atoms with Gasteiger partial charge >= 0.3 is 0 Å². The van der Waals surface area contributed by atoms with Gasteiger partial charge in [-0.2, -0.15) is 0 Å². The van der Waals surface area contributed by atoms with Crippen molar-refractivity contribution in [2.45, 2.75) is 25.6 Å². The van der Waals surface area contributed by atoms with E-state index in [1.54, 1.807) is 18.5 Å². The smallest absolute Gasteiger partial charge is 0.212 e. The van der Waals surface area contributed by atoms with Crippen LogP contribution in [0, 0.1) is 0 Å². The van der Waals surface area contributed by atoms with Gasteiger partial charge in [0.1, 0.15) is 11.6 Å². The Bertz CT molecular complexity index is 787. The Morgan fingerprint density at radius 1 is 1.35 bits per heavy atom. The summed E-state index contributed by atoms with van der Waals surface area (Å²) < 4.78 is 11.5. The monoisotopic (exact) mass is 377 g/mol. The maximum Gasteiger partial charge on any atom is 0.212 e. The highest BCUT2D eigenvalue weighted by Crippen LogP contribution is 2.28. The average molecular weight is 378 g/mol. The van der Waals surface area contributed by atoms with Crippen LogP contribution in [0.2, 0.25) is 5.02 Å². The molecule has 0 radical (unpaired) electrons. The highest BCUT2D eigenvalue weighted by molar-refractivity contribution is 6.33. The van der Waals surface area contributed by atoms with E-state index in [1.165, 1.54) is 6.20 Å². The van der Waals surface area contributed by atoms with Gasteiger partial charge in [-0.3, -0.25) is 9.78 Å². The van der Waals surface area contributed by atoms with Gasteiger partial charge in [-0.05, 0) is 19.9 Å². The van der Waals surface area contributed by atoms with Crippen LogP contribution in [0.4, 0.5) is 11.6 Å². The number of halogens is 1. The summed E-state index contributed by atoms with van der Waals surface area (Å²) in [5.74, 6) is 0.974. The fourth-order valence-corrected chi connectivity index (χ4v) is 2.83. The summed E-state index contributed by atoms with van der Waals surface area (Å²) in [6.45, 7) is 5.65. The molecule has 138 valence electrons. The van der Waals surface area contributed by atoms with E-state index < -0.39 is 0 Å². The average Bonchev–Trinajstić information content (AvgIpc) is 2.61. The first-order chi connectivity index (χ1) is 12.5. The minimum Gasteiger partial charge on any atom is -0.376 e. The van der Waals surface area contributed by atoms with Crippen LogP contribution in [0.5, 0.6) is 0 Å². The molecule has 1 saturated heterocycles. The van der Waals surface area contributed by atoms with Crippen LogP contribution in [0.3, 0.4) is 0 Å². The summed E-state index contributed by atoms with van der Waals surface area (Å²) in [6, 6.07) is 1.64. The zero-order valence-electron chi connectivity index (χ0n) is 14.5. The second-order valence-electron chi connectivity index (χ2n) is 6.50. The number of pyridine rings is 1. The molecule has 0 spiro atoms. The molecule has 0 bridgehead atoms. The van der Waals surface area contributed by atoms with Gasteiger partial charge in [-0.15, -0.1) is 0 Å². The van der Waals surface area contributed by atoms with Crippen LogP contribution in [0.15, 0.2) is 24.7 Å². The molecule has 0 aromatic carbocycles. The zero-order chi connectivity index (χ0) is 18.6. The molecule has 8 nitrogen and oxygen atoms in total. The fourth-order valence-electron chi connectivity index (χ4n) is 2.63. The Balaban J connectivity index is 1.72. The second kappa shape index (κ2) is 7.94. The van der Waals surface area contributed by atoms with Crippen LogP contribution >= 0.6 is 11.6 Å². The van der Waals surface area contributed by atoms with Crippen molar-refractivity contribution in [1.82, 2.24) is 15.0 Å². The SMILES string of the molecule is CC1(C)COCC(CNc2cncc(-c3cc(NC=O)ncc3Cl)n2)O1. The number of amides is 1. The lowest BCUT2D eigenvalue weighted by molar-refractivity contribution is -0.177. The van der Waals surface area contributed by atoms with E-state index in [4.69, 9.17) is 21.1 Å². The topological polar surface area (TPSA) is 98.3 Å². The van der Waals surface area contributed by atoms with Crippen molar-refractivity contribution >= 4 is 29.6 Å². The van der Waals surface area contributed by atoms with E-state index in [1.807, 2.05) is 13.8 Å². The fraction of sp³-hybridized carbons (Fsp3) is 0.412. The van der Waals surface area contributed by atoms with Crippen LogP contribution in [-0.4, -0.2) is 52.8 Å². The molecule has 1 fully saturated rings. The minimum atomic E-state index is -0.301. The van der Waals surface area contributed by atoms with Crippen molar-refractivity contribution in [1.29, 1.82) is 0 Å². The number of ether oxygens (including phenoxy) is 2. The molecule has 3 rings (SSSR count). The third kappa shape index (κ3) is 4.66. The van der Waals surface area contributed by atoms with Crippen LogP contribution in [-0.2, 0) is 14.3 Å². The van der Waals surface area contributed by atoms with Gasteiger partial charge in [0.15, 0.2) is 0 Å². The lowest BCUT2D eigenvalue weighted by Crippen LogP contribution is -2.45. The predicted octanol–water partition coefficient (Wildman–Crippen LogP) is 2.37. The van der Waals surface area contributed by atoms with Crippen molar-refractivity contribution < 1.29 is 14.3 Å². The third-order valence-corrected chi connectivity index (χ3v) is 4.02. The largest absolute Gasteiger partial charge is 0.376 e. The van der Waals surface area contributed by atoms with Gasteiger partial charge in [0.25, 0.3) is 0 Å². The molecular weight excluding hydrogens is 358 g/mol. The Morgan fingerprint density at radius 2 is 2.19 bits per heavy atom. The highest BCUT2D eigenvalue weighted by atomic mass is 35.5. The number of nitrogens with one attached hydrogen (secondary N) is 2. The molecule has 1 atom stereocenters. The minimum absolute atomic E-state index is 0.0721. The molecule has 26 heavy (non-hydrogen) atoms. The molecule has 2 aromatic heterocycles. The Labute approximate surface area is 156 Å². The van der Waals surface area contributed by atoms with Crippen LogP contribution in [0.25, 0.3) is 11.3 Å². The van der Waals surface area contributed by atoms with Crippen molar-refractivity contribution in [3.63, 3.8) is 0 Å². The van der Waals surface area contributed by atoms with E-state index in [9.17, 15) is 4.79 Å². The van der Waals surface area contributed by atoms with E-state index in [2.05, 4.69) is 25.6 Å². The molecule has 2 N–H and O–H groups in total. The van der Waals surface area contributed by atoms with E-state index in [-0.39, 0.29) is 11.7 Å². The summed E-state index contributed by atoms with van der Waals surface area (Å²) in [7, 11) is 0. The maximum atomic E-state index is 10.6. The molecule has 9 heteroatoms. The first kappa shape index (κ1) is 18.5. The molecule has 2 aromatic rings. The summed E-state index contributed by atoms with van der Waals surface area (Å²) >= 11 is 6.21. The van der Waals surface area contributed by atoms with Crippen molar-refractivity contribution in [3.8, 4) is 11.3 Å². The molecule has 3 heterocycles. The van der Waals surface area contributed by atoms with E-state index in [0.29, 0.717) is 54.1 Å². The number of anilines is 2. The predicted molar refractivity (Wildman–Crippen MR) is 98.2 cm³/mol. The first-order valence-electron chi connectivity index (χ1n) is 8.14. The summed E-state index contributed by atoms with van der Waals surface area (Å²) in [5.41, 5.74) is 0.892. The van der Waals surface area contributed by atoms with Crippen LogP contribution < -0.4 is 10.6 Å². The molecule has 0 aliphatic carbocycles. The molecular formula is C17H20ClN5O3. The highest BCUT2D eigenvalue weighted by Gasteiger charge is 2.29. The molecule has 0 saturated carbocycles. The standard InChI is InChI=1S/C17H20ClN5O3/c1-17(2)9-25-8-11(26-17)4-20-16-7-19-6-14(23-16)12-3-15(22-10-24)21-5-13(12)18/h3,5-7,10-11H,4,8-9H2,1-2H3,(H,20,23)(H,21,22,24). The van der Waals surface area contributed by atoms with Gasteiger partial charge in [-0.25, -0.2) is 9.97 Å². The Kier molecular flexibility index (Phi) is 5.65. The number of hydrogen-bond donors (Lipinski definition) is 2. The second-order valence-corrected chi connectivity index (χ2v) is 6.90. The number of hydrogen-bond acceptors (Lipinski definition) is 7. The van der Waals surface area contributed by atoms with Crippen LogP contribution in [0.1, 0.15) is 13.8 Å². The first-order valence-corrected chi connectivity index (χ1v) is 8.52. The number of carbonyl (C=O) groups is 1. The lowest BCUT2D eigenvalue weighted by atomic mass is 10.1. The number of nitrogens with zero attached hydrogens (tertiary/aromatic N) is 3. The van der Waals surface area contributed by atoms with Crippen molar-refractivity contribution in [2.24, 2.45) is 0 Å². The molecule has 1 amide bonds. The normalized spacial score (nSPS) is 19.0. The summed E-state index contributed by atoms with van der Waals surface area (Å²) in [5, 5.41) is 6.12. The van der Waals surface area contributed by atoms with Gasteiger partial charge in [0.2, 0.25) is 6.41 Å². The van der Waals surface area contributed by atoms with Gasteiger partial charge in [-0.1, -0.05) is 11.6 Å². The maximum absolute atomic E-state index is 10.6. The van der Waals surface area contributed by atoms with E-state index in [0.717, 1.165) is 0 Å². The lowest BCUT2D eigenvalue weighted by Gasteiger charge is -2.35.